The van der Waals surface area contributed by atoms with E-state index in [2.05, 4.69) is 4.72 Å². The van der Waals surface area contributed by atoms with Gasteiger partial charge in [-0.3, -0.25) is 5.41 Å². The summed E-state index contributed by atoms with van der Waals surface area (Å²) in [5.74, 6) is -0.00887. The Morgan fingerprint density at radius 2 is 1.88 bits per heavy atom. The van der Waals surface area contributed by atoms with Gasteiger partial charge in [0.15, 0.2) is 0 Å². The van der Waals surface area contributed by atoms with Crippen LogP contribution < -0.4 is 10.5 Å². The van der Waals surface area contributed by atoms with Crippen LogP contribution in [0.3, 0.4) is 0 Å². The molecule has 0 heterocycles. The highest BCUT2D eigenvalue weighted by atomic mass is 32.2. The van der Waals surface area contributed by atoms with E-state index in [1.54, 1.807) is 24.3 Å². The molecule has 4 N–H and O–H groups in total. The van der Waals surface area contributed by atoms with Gasteiger partial charge in [-0.1, -0.05) is 24.3 Å². The molecule has 94 valence electrons. The van der Waals surface area contributed by atoms with E-state index >= 15 is 0 Å². The van der Waals surface area contributed by atoms with Gasteiger partial charge in [0.1, 0.15) is 5.84 Å². The second-order valence-corrected chi connectivity index (χ2v) is 5.69. The van der Waals surface area contributed by atoms with Crippen LogP contribution in [0.1, 0.15) is 11.1 Å². The fourth-order valence-corrected chi connectivity index (χ4v) is 1.71. The lowest BCUT2D eigenvalue weighted by atomic mass is 10.1. The van der Waals surface area contributed by atoms with Crippen molar-refractivity contribution in [1.82, 2.24) is 9.03 Å². The van der Waals surface area contributed by atoms with Crippen LogP contribution in [0.15, 0.2) is 24.3 Å². The number of amidine groups is 1. The Kier molecular flexibility index (Phi) is 4.22. The van der Waals surface area contributed by atoms with Crippen molar-refractivity contribution in [2.24, 2.45) is 5.73 Å². The van der Waals surface area contributed by atoms with Crippen molar-refractivity contribution in [3.05, 3.63) is 35.4 Å². The van der Waals surface area contributed by atoms with E-state index in [1.165, 1.54) is 14.1 Å². The lowest BCUT2D eigenvalue weighted by Gasteiger charge is -2.12. The molecule has 0 atom stereocenters. The normalized spacial score (nSPS) is 11.7. The molecule has 0 aliphatic rings. The molecule has 1 aromatic carbocycles. The predicted octanol–water partition coefficient (Wildman–Crippen LogP) is -0.133. The number of benzene rings is 1. The fourth-order valence-electron chi connectivity index (χ4n) is 1.11. The van der Waals surface area contributed by atoms with Gasteiger partial charge in [0.05, 0.1) is 0 Å². The molecule has 0 bridgehead atoms. The van der Waals surface area contributed by atoms with E-state index in [9.17, 15) is 8.42 Å². The Balaban J connectivity index is 2.68. The first-order valence-corrected chi connectivity index (χ1v) is 6.37. The molecule has 0 aromatic heterocycles. The number of nitrogens with one attached hydrogen (secondary N) is 2. The van der Waals surface area contributed by atoms with Gasteiger partial charge in [0.25, 0.3) is 10.2 Å². The first kappa shape index (κ1) is 13.6. The topological polar surface area (TPSA) is 99.3 Å². The Bertz CT molecular complexity index is 494. The summed E-state index contributed by atoms with van der Waals surface area (Å²) in [5.41, 5.74) is 6.73. The summed E-state index contributed by atoms with van der Waals surface area (Å²) in [4.78, 5) is 0. The number of hydrogen-bond donors (Lipinski definition) is 3. The smallest absolute Gasteiger partial charge is 0.279 e. The van der Waals surface area contributed by atoms with E-state index in [1.807, 2.05) is 0 Å². The van der Waals surface area contributed by atoms with Gasteiger partial charge in [-0.2, -0.15) is 17.4 Å². The molecule has 7 heteroatoms. The van der Waals surface area contributed by atoms with E-state index in [-0.39, 0.29) is 12.4 Å². The molecule has 0 saturated heterocycles. The van der Waals surface area contributed by atoms with Crippen molar-refractivity contribution in [2.75, 3.05) is 14.1 Å². The van der Waals surface area contributed by atoms with Gasteiger partial charge >= 0.3 is 0 Å². The minimum atomic E-state index is -3.41. The molecule has 0 saturated carbocycles. The summed E-state index contributed by atoms with van der Waals surface area (Å²) < 4.78 is 26.4. The summed E-state index contributed by atoms with van der Waals surface area (Å²) in [6.45, 7) is 0.207. The van der Waals surface area contributed by atoms with E-state index in [0.29, 0.717) is 5.56 Å². The van der Waals surface area contributed by atoms with E-state index in [4.69, 9.17) is 11.1 Å². The van der Waals surface area contributed by atoms with Crippen LogP contribution in [0.2, 0.25) is 0 Å². The maximum absolute atomic E-state index is 11.4. The zero-order valence-corrected chi connectivity index (χ0v) is 10.6. The molecular weight excluding hydrogens is 240 g/mol. The molecule has 0 spiro atoms. The zero-order valence-electron chi connectivity index (χ0n) is 9.77. The van der Waals surface area contributed by atoms with Gasteiger partial charge in [0.2, 0.25) is 0 Å². The fraction of sp³-hybridized carbons (Fsp3) is 0.300. The van der Waals surface area contributed by atoms with Gasteiger partial charge < -0.3 is 5.73 Å². The largest absolute Gasteiger partial charge is 0.384 e. The van der Waals surface area contributed by atoms with Crippen LogP contribution in [0, 0.1) is 5.41 Å². The van der Waals surface area contributed by atoms with Gasteiger partial charge in [-0.05, 0) is 5.56 Å². The zero-order chi connectivity index (χ0) is 13.1. The van der Waals surface area contributed by atoms with Gasteiger partial charge in [-0.25, -0.2) is 0 Å². The van der Waals surface area contributed by atoms with Crippen molar-refractivity contribution in [3.8, 4) is 0 Å². The van der Waals surface area contributed by atoms with Crippen LogP contribution in [-0.4, -0.2) is 32.7 Å². The van der Waals surface area contributed by atoms with Crippen molar-refractivity contribution in [3.63, 3.8) is 0 Å². The average molecular weight is 256 g/mol. The summed E-state index contributed by atoms with van der Waals surface area (Å²) in [6, 6.07) is 6.83. The highest BCUT2D eigenvalue weighted by Gasteiger charge is 2.11. The van der Waals surface area contributed by atoms with Crippen molar-refractivity contribution in [1.29, 1.82) is 5.41 Å². The highest BCUT2D eigenvalue weighted by molar-refractivity contribution is 7.87. The predicted molar refractivity (Wildman–Crippen MR) is 66.9 cm³/mol. The maximum Gasteiger partial charge on any atom is 0.279 e. The third kappa shape index (κ3) is 3.81. The SMILES string of the molecule is CN(C)S(=O)(=O)NCc1ccc(C(=N)N)cc1. The molecule has 0 aliphatic heterocycles. The van der Waals surface area contributed by atoms with E-state index < -0.39 is 10.2 Å². The summed E-state index contributed by atoms with van der Waals surface area (Å²) in [6.07, 6.45) is 0. The lowest BCUT2D eigenvalue weighted by molar-refractivity contribution is 0.505. The highest BCUT2D eigenvalue weighted by Crippen LogP contribution is 2.04. The van der Waals surface area contributed by atoms with Gasteiger partial charge in [-0.15, -0.1) is 0 Å². The Labute approximate surface area is 101 Å². The minimum absolute atomic E-state index is 0.00887. The average Bonchev–Trinajstić information content (AvgIpc) is 2.27. The number of nitrogens with two attached hydrogens (primary N) is 1. The molecule has 1 aromatic rings. The summed E-state index contributed by atoms with van der Waals surface area (Å²) in [5, 5.41) is 7.22. The molecule has 0 aliphatic carbocycles. The van der Waals surface area contributed by atoms with Crippen LogP contribution in [0.5, 0.6) is 0 Å². The Hall–Kier alpha value is -1.44. The molecule has 0 radical (unpaired) electrons. The van der Waals surface area contributed by atoms with Gasteiger partial charge in [0, 0.05) is 26.2 Å². The number of nitrogen functional groups attached to an aromatic ring is 1. The monoisotopic (exact) mass is 256 g/mol. The van der Waals surface area contributed by atoms with Crippen LogP contribution in [0.25, 0.3) is 0 Å². The first-order chi connectivity index (χ1) is 7.83. The molecule has 0 amide bonds. The molecule has 0 unspecified atom stereocenters. The quantitative estimate of drug-likeness (QED) is 0.505. The van der Waals surface area contributed by atoms with E-state index in [0.717, 1.165) is 9.87 Å². The third-order valence-electron chi connectivity index (χ3n) is 2.20. The van der Waals surface area contributed by atoms with Crippen LogP contribution in [0.4, 0.5) is 0 Å². The second kappa shape index (κ2) is 5.26. The summed E-state index contributed by atoms with van der Waals surface area (Å²) >= 11 is 0. The molecule has 0 fully saturated rings. The maximum atomic E-state index is 11.4. The van der Waals surface area contributed by atoms with Crippen molar-refractivity contribution in [2.45, 2.75) is 6.54 Å². The van der Waals surface area contributed by atoms with Crippen LogP contribution >= 0.6 is 0 Å². The Morgan fingerprint density at radius 1 is 1.35 bits per heavy atom. The van der Waals surface area contributed by atoms with Crippen molar-refractivity contribution >= 4 is 16.0 Å². The Morgan fingerprint density at radius 3 is 2.29 bits per heavy atom. The molecule has 1 rings (SSSR count). The first-order valence-electron chi connectivity index (χ1n) is 4.93. The third-order valence-corrected chi connectivity index (χ3v) is 3.67. The summed E-state index contributed by atoms with van der Waals surface area (Å²) in [7, 11) is -0.487. The van der Waals surface area contributed by atoms with Crippen LogP contribution in [-0.2, 0) is 16.8 Å². The molecular formula is C10H16N4O2S. The standard InChI is InChI=1S/C10H16N4O2S/c1-14(2)17(15,16)13-7-8-3-5-9(6-4-8)10(11)12/h3-6,13H,7H2,1-2H3,(H3,11,12). The second-order valence-electron chi connectivity index (χ2n) is 3.72. The number of hydrogen-bond acceptors (Lipinski definition) is 3. The molecule has 6 nitrogen and oxygen atoms in total. The lowest BCUT2D eigenvalue weighted by Crippen LogP contribution is -2.35. The minimum Gasteiger partial charge on any atom is -0.384 e. The molecule has 17 heavy (non-hydrogen) atoms. The number of rotatable bonds is 5. The number of nitrogens with zero attached hydrogens (tertiary/aromatic N) is 1. The van der Waals surface area contributed by atoms with Crippen molar-refractivity contribution < 1.29 is 8.42 Å².